The van der Waals surface area contributed by atoms with Crippen LogP contribution in [0.25, 0.3) is 0 Å². The quantitative estimate of drug-likeness (QED) is 0.640. The molecule has 0 aromatic rings. The molecule has 0 saturated carbocycles. The van der Waals surface area contributed by atoms with Crippen LogP contribution in [0.4, 0.5) is 0 Å². The van der Waals surface area contributed by atoms with Gasteiger partial charge in [0, 0.05) is 12.5 Å². The molecule has 0 spiro atoms. The van der Waals surface area contributed by atoms with Crippen LogP contribution in [-0.4, -0.2) is 29.9 Å². The third-order valence-corrected chi connectivity index (χ3v) is 2.34. The molecule has 11 heavy (non-hydrogen) atoms. The van der Waals surface area contributed by atoms with E-state index in [0.717, 1.165) is 19.5 Å². The monoisotopic (exact) mass is 156 g/mol. The molecule has 0 bridgehead atoms. The lowest BCUT2D eigenvalue weighted by molar-refractivity contribution is -0.119. The number of nitrogens with zero attached hydrogens (tertiary/aromatic N) is 1. The van der Waals surface area contributed by atoms with E-state index >= 15 is 0 Å². The number of hydrogen-bond acceptors (Lipinski definition) is 2. The zero-order chi connectivity index (χ0) is 8.27. The van der Waals surface area contributed by atoms with E-state index in [9.17, 15) is 4.79 Å². The first-order valence-corrected chi connectivity index (χ1v) is 4.26. The fourth-order valence-electron chi connectivity index (χ4n) is 1.77. The van der Waals surface area contributed by atoms with E-state index < -0.39 is 0 Å². The molecule has 64 valence electrons. The second-order valence-electron chi connectivity index (χ2n) is 3.10. The summed E-state index contributed by atoms with van der Waals surface area (Å²) in [6, 6.07) is 0.428. The van der Waals surface area contributed by atoms with Gasteiger partial charge in [-0.3, -0.25) is 4.79 Å². The number of hydrogen-bond donors (Lipinski definition) is 1. The van der Waals surface area contributed by atoms with Gasteiger partial charge in [0.1, 0.15) is 0 Å². The fourth-order valence-corrected chi connectivity index (χ4v) is 1.77. The summed E-state index contributed by atoms with van der Waals surface area (Å²) in [5, 5.41) is 0. The second-order valence-corrected chi connectivity index (χ2v) is 3.10. The van der Waals surface area contributed by atoms with Crippen LogP contribution in [0.5, 0.6) is 0 Å². The van der Waals surface area contributed by atoms with E-state index in [2.05, 4.69) is 11.8 Å². The normalized spacial score (nSPS) is 25.7. The molecule has 3 nitrogen and oxygen atoms in total. The lowest BCUT2D eigenvalue weighted by Gasteiger charge is -2.20. The summed E-state index contributed by atoms with van der Waals surface area (Å²) in [6.07, 6.45) is 2.89. The predicted octanol–water partition coefficient (Wildman–Crippen LogP) is 0.346. The van der Waals surface area contributed by atoms with Gasteiger partial charge < -0.3 is 10.6 Å². The second kappa shape index (κ2) is 3.72. The van der Waals surface area contributed by atoms with Gasteiger partial charge in [0.15, 0.2) is 0 Å². The van der Waals surface area contributed by atoms with Crippen LogP contribution in [-0.2, 0) is 4.79 Å². The molecular weight excluding hydrogens is 140 g/mol. The summed E-state index contributed by atoms with van der Waals surface area (Å²) in [4.78, 5) is 12.9. The number of amides is 1. The highest BCUT2D eigenvalue weighted by molar-refractivity contribution is 5.74. The zero-order valence-corrected chi connectivity index (χ0v) is 7.05. The van der Waals surface area contributed by atoms with E-state index in [-0.39, 0.29) is 5.91 Å². The Morgan fingerprint density at radius 1 is 1.73 bits per heavy atom. The fraction of sp³-hybridized carbons (Fsp3) is 0.875. The SMILES string of the molecule is CCN1CCCC1CC(N)=O. The minimum atomic E-state index is -0.171. The maximum absolute atomic E-state index is 10.6. The minimum Gasteiger partial charge on any atom is -0.370 e. The first-order valence-electron chi connectivity index (χ1n) is 4.26. The maximum Gasteiger partial charge on any atom is 0.218 e. The summed E-state index contributed by atoms with van der Waals surface area (Å²) in [7, 11) is 0. The van der Waals surface area contributed by atoms with E-state index in [0.29, 0.717) is 12.5 Å². The van der Waals surface area contributed by atoms with Crippen molar-refractivity contribution in [1.29, 1.82) is 0 Å². The molecule has 0 radical (unpaired) electrons. The molecule has 1 saturated heterocycles. The lowest BCUT2D eigenvalue weighted by Crippen LogP contribution is -2.32. The van der Waals surface area contributed by atoms with Crippen molar-refractivity contribution in [2.24, 2.45) is 5.73 Å². The van der Waals surface area contributed by atoms with Gasteiger partial charge in [-0.05, 0) is 25.9 Å². The molecule has 1 aliphatic heterocycles. The lowest BCUT2D eigenvalue weighted by atomic mass is 10.1. The largest absolute Gasteiger partial charge is 0.370 e. The summed E-state index contributed by atoms with van der Waals surface area (Å²) in [5.41, 5.74) is 5.12. The number of nitrogens with two attached hydrogens (primary N) is 1. The van der Waals surface area contributed by atoms with E-state index in [1.807, 2.05) is 0 Å². The molecule has 1 atom stereocenters. The summed E-state index contributed by atoms with van der Waals surface area (Å²) < 4.78 is 0. The van der Waals surface area contributed by atoms with E-state index in [1.165, 1.54) is 6.42 Å². The number of carbonyl (C=O) groups excluding carboxylic acids is 1. The topological polar surface area (TPSA) is 46.3 Å². The Labute approximate surface area is 67.5 Å². The highest BCUT2D eigenvalue weighted by atomic mass is 16.1. The van der Waals surface area contributed by atoms with Crippen LogP contribution in [0.1, 0.15) is 26.2 Å². The smallest absolute Gasteiger partial charge is 0.218 e. The molecular formula is C8H16N2O. The molecule has 0 aromatic heterocycles. The summed E-state index contributed by atoms with van der Waals surface area (Å²) in [5.74, 6) is -0.171. The van der Waals surface area contributed by atoms with E-state index in [4.69, 9.17) is 5.73 Å². The van der Waals surface area contributed by atoms with Crippen molar-refractivity contribution < 1.29 is 4.79 Å². The number of likely N-dealkylation sites (tertiary alicyclic amines) is 1. The standard InChI is InChI=1S/C8H16N2O/c1-2-10-5-3-4-7(10)6-8(9)11/h7H,2-6H2,1H3,(H2,9,11). The number of rotatable bonds is 3. The molecule has 1 rings (SSSR count). The van der Waals surface area contributed by atoms with Gasteiger partial charge in [0.2, 0.25) is 5.91 Å². The first kappa shape index (κ1) is 8.53. The van der Waals surface area contributed by atoms with Crippen LogP contribution < -0.4 is 5.73 Å². The molecule has 1 unspecified atom stereocenters. The van der Waals surface area contributed by atoms with Crippen LogP contribution in [0.2, 0.25) is 0 Å². The molecule has 1 fully saturated rings. The van der Waals surface area contributed by atoms with Gasteiger partial charge in [-0.15, -0.1) is 0 Å². The van der Waals surface area contributed by atoms with Crippen molar-refractivity contribution >= 4 is 5.91 Å². The highest BCUT2D eigenvalue weighted by Crippen LogP contribution is 2.18. The summed E-state index contributed by atoms with van der Waals surface area (Å²) in [6.45, 7) is 4.30. The average Bonchev–Trinajstić information content (AvgIpc) is 2.34. The van der Waals surface area contributed by atoms with Crippen LogP contribution in [0.15, 0.2) is 0 Å². The van der Waals surface area contributed by atoms with Crippen molar-refractivity contribution in [3.8, 4) is 0 Å². The van der Waals surface area contributed by atoms with Gasteiger partial charge in [-0.1, -0.05) is 6.92 Å². The van der Waals surface area contributed by atoms with Crippen LogP contribution >= 0.6 is 0 Å². The Morgan fingerprint density at radius 2 is 2.45 bits per heavy atom. The van der Waals surface area contributed by atoms with E-state index in [1.54, 1.807) is 0 Å². The zero-order valence-electron chi connectivity index (χ0n) is 7.05. The molecule has 3 heteroatoms. The van der Waals surface area contributed by atoms with Crippen molar-refractivity contribution in [2.45, 2.75) is 32.2 Å². The molecule has 1 amide bonds. The highest BCUT2D eigenvalue weighted by Gasteiger charge is 2.23. The van der Waals surface area contributed by atoms with Gasteiger partial charge in [0.25, 0.3) is 0 Å². The third-order valence-electron chi connectivity index (χ3n) is 2.34. The third kappa shape index (κ3) is 2.19. The maximum atomic E-state index is 10.6. The van der Waals surface area contributed by atoms with Gasteiger partial charge in [-0.2, -0.15) is 0 Å². The first-order chi connectivity index (χ1) is 5.24. The molecule has 1 heterocycles. The predicted molar refractivity (Wildman–Crippen MR) is 44.1 cm³/mol. The Hall–Kier alpha value is -0.570. The Morgan fingerprint density at radius 3 is 3.00 bits per heavy atom. The van der Waals surface area contributed by atoms with Crippen molar-refractivity contribution in [1.82, 2.24) is 4.90 Å². The van der Waals surface area contributed by atoms with Gasteiger partial charge in [-0.25, -0.2) is 0 Å². The average molecular weight is 156 g/mol. The Kier molecular flexibility index (Phi) is 2.88. The Balaban J connectivity index is 2.37. The number of carbonyl (C=O) groups is 1. The van der Waals surface area contributed by atoms with Gasteiger partial charge >= 0.3 is 0 Å². The van der Waals surface area contributed by atoms with Crippen molar-refractivity contribution in [3.05, 3.63) is 0 Å². The number of primary amides is 1. The molecule has 0 aliphatic carbocycles. The molecule has 1 aliphatic rings. The molecule has 0 aromatic carbocycles. The summed E-state index contributed by atoms with van der Waals surface area (Å²) >= 11 is 0. The Bertz CT molecular complexity index is 147. The van der Waals surface area contributed by atoms with Crippen LogP contribution in [0.3, 0.4) is 0 Å². The van der Waals surface area contributed by atoms with Crippen molar-refractivity contribution in [3.63, 3.8) is 0 Å². The van der Waals surface area contributed by atoms with Crippen LogP contribution in [0, 0.1) is 0 Å². The van der Waals surface area contributed by atoms with Crippen molar-refractivity contribution in [2.75, 3.05) is 13.1 Å². The van der Waals surface area contributed by atoms with Gasteiger partial charge in [0.05, 0.1) is 0 Å². The molecule has 2 N–H and O–H groups in total. The minimum absolute atomic E-state index is 0.171.